The normalized spacial score (nSPS) is 11.2. The zero-order valence-electron chi connectivity index (χ0n) is 11.7. The summed E-state index contributed by atoms with van der Waals surface area (Å²) < 4.78 is 2.11. The van der Waals surface area contributed by atoms with E-state index >= 15 is 0 Å². The Morgan fingerprint density at radius 3 is 2.70 bits per heavy atom. The van der Waals surface area contributed by atoms with Gasteiger partial charge in [0.05, 0.1) is 0 Å². The molecule has 3 heterocycles. The molecule has 0 aliphatic carbocycles. The van der Waals surface area contributed by atoms with Gasteiger partial charge in [-0.2, -0.15) is 11.3 Å². The Labute approximate surface area is 122 Å². The molecule has 0 unspecified atom stereocenters. The fraction of sp³-hybridized carbons (Fsp3) is 0.267. The summed E-state index contributed by atoms with van der Waals surface area (Å²) in [4.78, 5) is 4.46. The van der Waals surface area contributed by atoms with E-state index in [-0.39, 0.29) is 0 Å². The molecule has 0 atom stereocenters. The molecule has 0 aromatic carbocycles. The minimum Gasteiger partial charge on any atom is -0.307 e. The number of pyridine rings is 1. The fourth-order valence-corrected chi connectivity index (χ4v) is 2.99. The van der Waals surface area contributed by atoms with E-state index < -0.39 is 0 Å². The molecule has 0 spiro atoms. The first-order chi connectivity index (χ1) is 9.66. The Kier molecular flexibility index (Phi) is 3.36. The number of aryl methyl sites for hydroxylation is 1. The Hall–Kier alpha value is -2.01. The van der Waals surface area contributed by atoms with Crippen LogP contribution in [-0.2, 0) is 0 Å². The molecule has 0 saturated carbocycles. The summed E-state index contributed by atoms with van der Waals surface area (Å²) in [6.45, 7) is 6.23. The first-order valence-electron chi connectivity index (χ1n) is 6.57. The molecule has 102 valence electrons. The number of hydrogen-bond donors (Lipinski definition) is 0. The van der Waals surface area contributed by atoms with Crippen LogP contribution in [0.2, 0.25) is 0 Å². The highest BCUT2D eigenvalue weighted by atomic mass is 32.1. The summed E-state index contributed by atoms with van der Waals surface area (Å²) in [6, 6.07) is 6.52. The molecular formula is C15H16N4S. The van der Waals surface area contributed by atoms with Gasteiger partial charge < -0.3 is 4.57 Å². The summed E-state index contributed by atoms with van der Waals surface area (Å²) in [7, 11) is 0. The highest BCUT2D eigenvalue weighted by Crippen LogP contribution is 2.26. The van der Waals surface area contributed by atoms with Crippen LogP contribution in [0.4, 0.5) is 0 Å². The lowest BCUT2D eigenvalue weighted by atomic mass is 10.1. The summed E-state index contributed by atoms with van der Waals surface area (Å²) >= 11 is 1.69. The molecule has 0 radical (unpaired) electrons. The third-order valence-electron chi connectivity index (χ3n) is 3.23. The second-order valence-electron chi connectivity index (χ2n) is 4.98. The number of rotatable bonds is 3. The number of hydrogen-bond acceptors (Lipinski definition) is 4. The standard InChI is InChI=1S/C15H16N4S/c1-10(2)19-11(3)17-18-15(19)14-8-12(4-6-16-14)13-5-7-20-9-13/h4-10H,1-3H3. The van der Waals surface area contributed by atoms with Crippen LogP contribution in [0.15, 0.2) is 35.2 Å². The highest BCUT2D eigenvalue weighted by molar-refractivity contribution is 7.08. The van der Waals surface area contributed by atoms with Crippen molar-refractivity contribution in [3.63, 3.8) is 0 Å². The Bertz CT molecular complexity index is 713. The van der Waals surface area contributed by atoms with E-state index in [0.29, 0.717) is 6.04 Å². The maximum atomic E-state index is 4.46. The molecule has 0 saturated heterocycles. The molecule has 3 aromatic rings. The highest BCUT2D eigenvalue weighted by Gasteiger charge is 2.15. The van der Waals surface area contributed by atoms with Crippen molar-refractivity contribution in [2.75, 3.05) is 0 Å². The van der Waals surface area contributed by atoms with Crippen LogP contribution in [-0.4, -0.2) is 19.7 Å². The van der Waals surface area contributed by atoms with Gasteiger partial charge in [-0.3, -0.25) is 4.98 Å². The minimum atomic E-state index is 0.312. The first kappa shape index (κ1) is 13.0. The van der Waals surface area contributed by atoms with Crippen molar-refractivity contribution in [3.8, 4) is 22.6 Å². The summed E-state index contributed by atoms with van der Waals surface area (Å²) in [5.74, 6) is 1.74. The quantitative estimate of drug-likeness (QED) is 0.731. The molecule has 0 aliphatic rings. The summed E-state index contributed by atoms with van der Waals surface area (Å²) in [5.41, 5.74) is 3.24. The largest absolute Gasteiger partial charge is 0.307 e. The number of nitrogens with zero attached hydrogens (tertiary/aromatic N) is 4. The van der Waals surface area contributed by atoms with Crippen LogP contribution in [0.3, 0.4) is 0 Å². The van der Waals surface area contributed by atoms with Gasteiger partial charge in [0.15, 0.2) is 5.82 Å². The SMILES string of the molecule is Cc1nnc(-c2cc(-c3ccsc3)ccn2)n1C(C)C. The number of aromatic nitrogens is 4. The van der Waals surface area contributed by atoms with Crippen LogP contribution in [0.25, 0.3) is 22.6 Å². The third kappa shape index (κ3) is 2.25. The van der Waals surface area contributed by atoms with Crippen LogP contribution in [0, 0.1) is 6.92 Å². The van der Waals surface area contributed by atoms with Gasteiger partial charge >= 0.3 is 0 Å². The van der Waals surface area contributed by atoms with Gasteiger partial charge in [-0.1, -0.05) is 0 Å². The predicted octanol–water partition coefficient (Wildman–Crippen LogP) is 3.96. The fourth-order valence-electron chi connectivity index (χ4n) is 2.32. The number of thiophene rings is 1. The van der Waals surface area contributed by atoms with E-state index in [1.807, 2.05) is 19.2 Å². The maximum absolute atomic E-state index is 4.46. The molecule has 0 fully saturated rings. The van der Waals surface area contributed by atoms with Gasteiger partial charge in [0, 0.05) is 12.2 Å². The van der Waals surface area contributed by atoms with E-state index in [1.165, 1.54) is 5.56 Å². The van der Waals surface area contributed by atoms with Crippen molar-refractivity contribution >= 4 is 11.3 Å². The van der Waals surface area contributed by atoms with Gasteiger partial charge in [-0.05, 0) is 60.9 Å². The van der Waals surface area contributed by atoms with Crippen molar-refractivity contribution < 1.29 is 0 Å². The zero-order valence-corrected chi connectivity index (χ0v) is 12.6. The second-order valence-corrected chi connectivity index (χ2v) is 5.76. The van der Waals surface area contributed by atoms with Crippen molar-refractivity contribution in [2.24, 2.45) is 0 Å². The van der Waals surface area contributed by atoms with Gasteiger partial charge in [0.1, 0.15) is 11.5 Å². The average Bonchev–Trinajstić information content (AvgIpc) is 3.07. The van der Waals surface area contributed by atoms with Gasteiger partial charge in [0.2, 0.25) is 0 Å². The Balaban J connectivity index is 2.10. The first-order valence-corrected chi connectivity index (χ1v) is 7.51. The van der Waals surface area contributed by atoms with Crippen molar-refractivity contribution in [3.05, 3.63) is 41.0 Å². The lowest BCUT2D eigenvalue weighted by Crippen LogP contribution is -2.06. The van der Waals surface area contributed by atoms with Crippen molar-refractivity contribution in [1.29, 1.82) is 0 Å². The zero-order chi connectivity index (χ0) is 14.1. The summed E-state index contributed by atoms with van der Waals surface area (Å²) in [6.07, 6.45) is 1.83. The Morgan fingerprint density at radius 1 is 1.15 bits per heavy atom. The van der Waals surface area contributed by atoms with Crippen LogP contribution >= 0.6 is 11.3 Å². The molecule has 5 heteroatoms. The van der Waals surface area contributed by atoms with Gasteiger partial charge in [-0.25, -0.2) is 0 Å². The molecule has 0 N–H and O–H groups in total. The van der Waals surface area contributed by atoms with E-state index in [1.54, 1.807) is 11.3 Å². The molecule has 0 aliphatic heterocycles. The summed E-state index contributed by atoms with van der Waals surface area (Å²) in [5, 5.41) is 12.7. The van der Waals surface area contributed by atoms with Gasteiger partial charge in [-0.15, -0.1) is 10.2 Å². The minimum absolute atomic E-state index is 0.312. The monoisotopic (exact) mass is 284 g/mol. The molecule has 0 amide bonds. The molecule has 3 rings (SSSR count). The maximum Gasteiger partial charge on any atom is 0.182 e. The Morgan fingerprint density at radius 2 is 2.00 bits per heavy atom. The van der Waals surface area contributed by atoms with Crippen molar-refractivity contribution in [2.45, 2.75) is 26.8 Å². The van der Waals surface area contributed by atoms with E-state index in [2.05, 4.69) is 56.5 Å². The van der Waals surface area contributed by atoms with Gasteiger partial charge in [0.25, 0.3) is 0 Å². The lowest BCUT2D eigenvalue weighted by Gasteiger charge is -2.12. The third-order valence-corrected chi connectivity index (χ3v) is 3.91. The van der Waals surface area contributed by atoms with E-state index in [4.69, 9.17) is 0 Å². The second kappa shape index (κ2) is 5.17. The van der Waals surface area contributed by atoms with Crippen LogP contribution < -0.4 is 0 Å². The van der Waals surface area contributed by atoms with Crippen LogP contribution in [0.1, 0.15) is 25.7 Å². The molecule has 3 aromatic heterocycles. The predicted molar refractivity (Wildman–Crippen MR) is 81.7 cm³/mol. The van der Waals surface area contributed by atoms with E-state index in [0.717, 1.165) is 22.9 Å². The lowest BCUT2D eigenvalue weighted by molar-refractivity contribution is 0.587. The van der Waals surface area contributed by atoms with Crippen molar-refractivity contribution in [1.82, 2.24) is 19.7 Å². The molecular weight excluding hydrogens is 268 g/mol. The smallest absolute Gasteiger partial charge is 0.182 e. The molecule has 4 nitrogen and oxygen atoms in total. The molecule has 20 heavy (non-hydrogen) atoms. The average molecular weight is 284 g/mol. The molecule has 0 bridgehead atoms. The topological polar surface area (TPSA) is 43.6 Å². The van der Waals surface area contributed by atoms with Crippen LogP contribution in [0.5, 0.6) is 0 Å². The van der Waals surface area contributed by atoms with E-state index in [9.17, 15) is 0 Å².